The molecule has 1 aromatic heterocycles. The van der Waals surface area contributed by atoms with Gasteiger partial charge < -0.3 is 4.74 Å². The highest BCUT2D eigenvalue weighted by molar-refractivity contribution is 5.98. The lowest BCUT2D eigenvalue weighted by molar-refractivity contribution is -0.139. The van der Waals surface area contributed by atoms with Gasteiger partial charge in [0.25, 0.3) is 0 Å². The molecular weight excluding hydrogens is 168 g/mol. The number of aromatic nitrogens is 1. The summed E-state index contributed by atoms with van der Waals surface area (Å²) in [6, 6.07) is 5.25. The van der Waals surface area contributed by atoms with Gasteiger partial charge in [0.1, 0.15) is 6.61 Å². The fourth-order valence-electron chi connectivity index (χ4n) is 0.789. The lowest BCUT2D eigenvalue weighted by Gasteiger charge is -2.02. The molecule has 1 heterocycles. The quantitative estimate of drug-likeness (QED) is 0.555. The average molecular weight is 178 g/mol. The Labute approximate surface area is 76.1 Å². The van der Waals surface area contributed by atoms with Gasteiger partial charge in [-0.2, -0.15) is 0 Å². The SMILES string of the molecule is CC(=O)OCC(=N)c1ccccn1. The number of esters is 1. The number of pyridine rings is 1. The first kappa shape index (κ1) is 9.38. The molecule has 0 aromatic carbocycles. The van der Waals surface area contributed by atoms with Crippen molar-refractivity contribution in [1.82, 2.24) is 4.98 Å². The largest absolute Gasteiger partial charge is 0.459 e. The van der Waals surface area contributed by atoms with Gasteiger partial charge in [0, 0.05) is 13.1 Å². The summed E-state index contributed by atoms with van der Waals surface area (Å²) in [5, 5.41) is 7.48. The van der Waals surface area contributed by atoms with Gasteiger partial charge in [-0.05, 0) is 12.1 Å². The second-order valence-corrected chi connectivity index (χ2v) is 2.47. The van der Waals surface area contributed by atoms with Crippen LogP contribution in [0.1, 0.15) is 12.6 Å². The highest BCUT2D eigenvalue weighted by atomic mass is 16.5. The first-order valence-electron chi connectivity index (χ1n) is 3.82. The van der Waals surface area contributed by atoms with E-state index in [2.05, 4.69) is 9.72 Å². The molecule has 1 aromatic rings. The van der Waals surface area contributed by atoms with E-state index in [1.54, 1.807) is 24.4 Å². The number of ether oxygens (including phenoxy) is 1. The van der Waals surface area contributed by atoms with E-state index in [9.17, 15) is 4.79 Å². The number of nitrogens with zero attached hydrogens (tertiary/aromatic N) is 1. The zero-order valence-corrected chi connectivity index (χ0v) is 7.28. The van der Waals surface area contributed by atoms with Crippen molar-refractivity contribution >= 4 is 11.7 Å². The van der Waals surface area contributed by atoms with Crippen LogP contribution in [0.3, 0.4) is 0 Å². The fourth-order valence-corrected chi connectivity index (χ4v) is 0.789. The molecule has 1 rings (SSSR count). The van der Waals surface area contributed by atoms with E-state index >= 15 is 0 Å². The van der Waals surface area contributed by atoms with Gasteiger partial charge in [-0.25, -0.2) is 0 Å². The van der Waals surface area contributed by atoms with Crippen LogP contribution < -0.4 is 0 Å². The smallest absolute Gasteiger partial charge is 0.303 e. The van der Waals surface area contributed by atoms with Gasteiger partial charge in [-0.3, -0.25) is 15.2 Å². The van der Waals surface area contributed by atoms with Gasteiger partial charge in [0.15, 0.2) is 0 Å². The minimum atomic E-state index is -0.388. The summed E-state index contributed by atoms with van der Waals surface area (Å²) in [6.45, 7) is 1.29. The van der Waals surface area contributed by atoms with Crippen LogP contribution in [0.2, 0.25) is 0 Å². The van der Waals surface area contributed by atoms with Crippen LogP contribution in [0.25, 0.3) is 0 Å². The molecule has 68 valence electrons. The summed E-state index contributed by atoms with van der Waals surface area (Å²) in [4.78, 5) is 14.4. The van der Waals surface area contributed by atoms with Crippen molar-refractivity contribution in [3.63, 3.8) is 0 Å². The molecule has 4 heteroatoms. The standard InChI is InChI=1S/C9H10N2O2/c1-7(12)13-6-8(10)9-4-2-3-5-11-9/h2-5,10H,6H2,1H3. The Morgan fingerprint density at radius 1 is 1.62 bits per heavy atom. The van der Waals surface area contributed by atoms with Crippen LogP contribution in [0.4, 0.5) is 0 Å². The summed E-state index contributed by atoms with van der Waals surface area (Å²) < 4.78 is 4.65. The van der Waals surface area contributed by atoms with Crippen LogP contribution in [0.5, 0.6) is 0 Å². The normalized spacial score (nSPS) is 9.31. The van der Waals surface area contributed by atoms with Crippen molar-refractivity contribution in [3.05, 3.63) is 30.1 Å². The Morgan fingerprint density at radius 2 is 2.38 bits per heavy atom. The minimum Gasteiger partial charge on any atom is -0.459 e. The first-order valence-corrected chi connectivity index (χ1v) is 3.82. The number of carbonyl (C=O) groups is 1. The molecule has 4 nitrogen and oxygen atoms in total. The Hall–Kier alpha value is -1.71. The molecule has 0 saturated heterocycles. The van der Waals surface area contributed by atoms with Gasteiger partial charge >= 0.3 is 5.97 Å². The maximum absolute atomic E-state index is 10.4. The molecule has 0 aliphatic rings. The Kier molecular flexibility index (Phi) is 3.14. The summed E-state index contributed by atoms with van der Waals surface area (Å²) >= 11 is 0. The third-order valence-electron chi connectivity index (χ3n) is 1.39. The van der Waals surface area contributed by atoms with Crippen molar-refractivity contribution in [2.24, 2.45) is 0 Å². The Bertz CT molecular complexity index is 309. The van der Waals surface area contributed by atoms with Crippen LogP contribution in [-0.2, 0) is 9.53 Å². The van der Waals surface area contributed by atoms with E-state index in [1.165, 1.54) is 6.92 Å². The third-order valence-corrected chi connectivity index (χ3v) is 1.39. The Morgan fingerprint density at radius 3 is 2.92 bits per heavy atom. The maximum atomic E-state index is 10.4. The predicted molar refractivity (Wildman–Crippen MR) is 47.7 cm³/mol. The van der Waals surface area contributed by atoms with E-state index in [4.69, 9.17) is 5.41 Å². The summed E-state index contributed by atoms with van der Waals surface area (Å²) in [5.74, 6) is -0.388. The lowest BCUT2D eigenvalue weighted by Crippen LogP contribution is -2.12. The molecule has 0 aliphatic carbocycles. The van der Waals surface area contributed by atoms with Gasteiger partial charge in [0.05, 0.1) is 11.4 Å². The summed E-state index contributed by atoms with van der Waals surface area (Å²) in [5.41, 5.74) is 0.736. The lowest BCUT2D eigenvalue weighted by atomic mass is 10.2. The van der Waals surface area contributed by atoms with E-state index in [1.807, 2.05) is 0 Å². The molecule has 0 saturated carbocycles. The van der Waals surface area contributed by atoms with Gasteiger partial charge in [-0.1, -0.05) is 6.07 Å². The molecule has 13 heavy (non-hydrogen) atoms. The third kappa shape index (κ3) is 3.02. The molecule has 0 bridgehead atoms. The zero-order chi connectivity index (χ0) is 9.68. The average Bonchev–Trinajstić information content (AvgIpc) is 2.15. The van der Waals surface area contributed by atoms with Gasteiger partial charge in [-0.15, -0.1) is 0 Å². The zero-order valence-electron chi connectivity index (χ0n) is 7.28. The Balaban J connectivity index is 2.54. The number of hydrogen-bond donors (Lipinski definition) is 1. The molecule has 0 spiro atoms. The molecule has 0 aliphatic heterocycles. The molecule has 0 radical (unpaired) electrons. The molecule has 0 unspecified atom stereocenters. The van der Waals surface area contributed by atoms with Gasteiger partial charge in [0.2, 0.25) is 0 Å². The molecular formula is C9H10N2O2. The molecule has 1 N–H and O–H groups in total. The van der Waals surface area contributed by atoms with Crippen LogP contribution in [0, 0.1) is 5.41 Å². The number of carbonyl (C=O) groups excluding carboxylic acids is 1. The summed E-state index contributed by atoms with van der Waals surface area (Å²) in [6.07, 6.45) is 1.59. The number of rotatable bonds is 3. The molecule has 0 amide bonds. The monoisotopic (exact) mass is 178 g/mol. The van der Waals surface area contributed by atoms with Crippen molar-refractivity contribution in [2.75, 3.05) is 6.61 Å². The second kappa shape index (κ2) is 4.35. The summed E-state index contributed by atoms with van der Waals surface area (Å²) in [7, 11) is 0. The highest BCUT2D eigenvalue weighted by Gasteiger charge is 2.03. The number of nitrogens with one attached hydrogen (secondary N) is 1. The highest BCUT2D eigenvalue weighted by Crippen LogP contribution is 1.95. The number of hydrogen-bond acceptors (Lipinski definition) is 4. The van der Waals surface area contributed by atoms with Crippen molar-refractivity contribution in [2.45, 2.75) is 6.92 Å². The molecule has 0 atom stereocenters. The second-order valence-electron chi connectivity index (χ2n) is 2.47. The van der Waals surface area contributed by atoms with E-state index in [0.717, 1.165) is 0 Å². The predicted octanol–water partition coefficient (Wildman–Crippen LogP) is 1.01. The minimum absolute atomic E-state index is 0.0215. The topological polar surface area (TPSA) is 63.0 Å². The van der Waals surface area contributed by atoms with Crippen molar-refractivity contribution < 1.29 is 9.53 Å². The van der Waals surface area contributed by atoms with E-state index in [0.29, 0.717) is 5.69 Å². The van der Waals surface area contributed by atoms with E-state index < -0.39 is 0 Å². The van der Waals surface area contributed by atoms with Crippen LogP contribution in [-0.4, -0.2) is 23.3 Å². The van der Waals surface area contributed by atoms with Crippen molar-refractivity contribution in [3.8, 4) is 0 Å². The van der Waals surface area contributed by atoms with Crippen LogP contribution >= 0.6 is 0 Å². The van der Waals surface area contributed by atoms with Crippen molar-refractivity contribution in [1.29, 1.82) is 5.41 Å². The maximum Gasteiger partial charge on any atom is 0.303 e. The van der Waals surface area contributed by atoms with E-state index in [-0.39, 0.29) is 18.3 Å². The first-order chi connectivity index (χ1) is 6.20. The fraction of sp³-hybridized carbons (Fsp3) is 0.222. The van der Waals surface area contributed by atoms with Crippen LogP contribution in [0.15, 0.2) is 24.4 Å². The molecule has 0 fully saturated rings.